The van der Waals surface area contributed by atoms with Crippen molar-refractivity contribution in [3.63, 3.8) is 0 Å². The number of benzene rings is 1. The molecule has 31 heavy (non-hydrogen) atoms. The van der Waals surface area contributed by atoms with E-state index in [0.717, 1.165) is 18.6 Å². The van der Waals surface area contributed by atoms with Gasteiger partial charge in [-0.3, -0.25) is 9.59 Å². The molecule has 0 saturated carbocycles. The minimum Gasteiger partial charge on any atom is -0.491 e. The molecule has 5 nitrogen and oxygen atoms in total. The highest BCUT2D eigenvalue weighted by Gasteiger charge is 2.34. The van der Waals surface area contributed by atoms with Gasteiger partial charge in [0.05, 0.1) is 6.04 Å². The van der Waals surface area contributed by atoms with E-state index in [-0.39, 0.29) is 36.4 Å². The number of hydrogen-bond donors (Lipinski definition) is 0. The predicted molar refractivity (Wildman–Crippen MR) is 125 cm³/mol. The summed E-state index contributed by atoms with van der Waals surface area (Å²) >= 11 is 1.74. The third kappa shape index (κ3) is 5.88. The Bertz CT molecular complexity index is 865. The average molecular weight is 443 g/mol. The van der Waals surface area contributed by atoms with Crippen molar-refractivity contribution in [3.8, 4) is 5.75 Å². The molecule has 3 rings (SSSR count). The molecule has 2 atom stereocenters. The number of rotatable bonds is 9. The van der Waals surface area contributed by atoms with Gasteiger partial charge in [0.2, 0.25) is 11.8 Å². The van der Waals surface area contributed by atoms with Crippen molar-refractivity contribution in [1.82, 2.24) is 9.80 Å². The smallest absolute Gasteiger partial charge is 0.242 e. The Hall–Kier alpha value is -2.34. The van der Waals surface area contributed by atoms with E-state index in [2.05, 4.69) is 18.4 Å². The first-order valence-electron chi connectivity index (χ1n) is 11.2. The Morgan fingerprint density at radius 3 is 2.61 bits per heavy atom. The summed E-state index contributed by atoms with van der Waals surface area (Å²) < 4.78 is 6.06. The molecule has 0 N–H and O–H groups in total. The maximum absolute atomic E-state index is 13.5. The van der Waals surface area contributed by atoms with E-state index in [1.807, 2.05) is 56.0 Å². The van der Waals surface area contributed by atoms with Gasteiger partial charge < -0.3 is 14.5 Å². The summed E-state index contributed by atoms with van der Waals surface area (Å²) in [4.78, 5) is 31.3. The average Bonchev–Trinajstić information content (AvgIpc) is 3.24. The van der Waals surface area contributed by atoms with Crippen molar-refractivity contribution in [3.05, 3.63) is 52.2 Å². The minimum atomic E-state index is -0.137. The Kier molecular flexibility index (Phi) is 8.13. The maximum Gasteiger partial charge on any atom is 0.242 e. The largest absolute Gasteiger partial charge is 0.491 e. The molecule has 1 aliphatic heterocycles. The van der Waals surface area contributed by atoms with Crippen molar-refractivity contribution >= 4 is 23.2 Å². The van der Waals surface area contributed by atoms with Gasteiger partial charge in [0, 0.05) is 23.9 Å². The van der Waals surface area contributed by atoms with Crippen LogP contribution in [0.4, 0.5) is 0 Å². The van der Waals surface area contributed by atoms with Crippen molar-refractivity contribution in [2.45, 2.75) is 59.0 Å². The summed E-state index contributed by atoms with van der Waals surface area (Å²) in [5, 5.41) is 2.09. The van der Waals surface area contributed by atoms with Crippen LogP contribution in [0.1, 0.15) is 57.0 Å². The number of amides is 2. The maximum atomic E-state index is 13.5. The second-order valence-electron chi connectivity index (χ2n) is 8.65. The number of thiophene rings is 1. The minimum absolute atomic E-state index is 0.00378. The van der Waals surface area contributed by atoms with Gasteiger partial charge >= 0.3 is 0 Å². The first-order valence-corrected chi connectivity index (χ1v) is 12.1. The first kappa shape index (κ1) is 23.3. The Morgan fingerprint density at radius 1 is 1.19 bits per heavy atom. The number of carbonyl (C=O) groups is 2. The van der Waals surface area contributed by atoms with Crippen LogP contribution < -0.4 is 4.74 Å². The summed E-state index contributed by atoms with van der Waals surface area (Å²) in [7, 11) is 0. The van der Waals surface area contributed by atoms with Crippen molar-refractivity contribution in [1.29, 1.82) is 0 Å². The summed E-state index contributed by atoms with van der Waals surface area (Å²) in [6, 6.07) is 11.7. The van der Waals surface area contributed by atoms with E-state index in [1.165, 1.54) is 10.4 Å². The van der Waals surface area contributed by atoms with E-state index < -0.39 is 0 Å². The van der Waals surface area contributed by atoms with Gasteiger partial charge in [-0.25, -0.2) is 0 Å². The number of hydrogen-bond acceptors (Lipinski definition) is 4. The van der Waals surface area contributed by atoms with E-state index in [4.69, 9.17) is 4.74 Å². The highest BCUT2D eigenvalue weighted by Crippen LogP contribution is 2.34. The first-order chi connectivity index (χ1) is 14.9. The van der Waals surface area contributed by atoms with Crippen molar-refractivity contribution in [2.24, 2.45) is 5.92 Å². The molecule has 1 aliphatic rings. The van der Waals surface area contributed by atoms with E-state index in [1.54, 1.807) is 16.2 Å². The van der Waals surface area contributed by atoms with Gasteiger partial charge in [-0.15, -0.1) is 11.3 Å². The van der Waals surface area contributed by atoms with Gasteiger partial charge in [-0.1, -0.05) is 39.0 Å². The van der Waals surface area contributed by atoms with Crippen LogP contribution >= 0.6 is 11.3 Å². The molecule has 0 radical (unpaired) electrons. The van der Waals surface area contributed by atoms with Gasteiger partial charge in [-0.05, 0) is 54.8 Å². The molecule has 0 unspecified atom stereocenters. The molecular formula is C25H34N2O3S. The lowest BCUT2D eigenvalue weighted by molar-refractivity contribution is -0.144. The molecule has 168 valence electrons. The number of para-hydroxylation sites is 1. The summed E-state index contributed by atoms with van der Waals surface area (Å²) in [6.45, 7) is 9.34. The third-order valence-corrected chi connectivity index (χ3v) is 6.89. The lowest BCUT2D eigenvalue weighted by Crippen LogP contribution is -2.50. The highest BCUT2D eigenvalue weighted by atomic mass is 32.1. The van der Waals surface area contributed by atoms with Crippen LogP contribution in [0.3, 0.4) is 0 Å². The fourth-order valence-electron chi connectivity index (χ4n) is 3.98. The number of carbonyl (C=O) groups excluding carboxylic acids is 2. The van der Waals surface area contributed by atoms with Gasteiger partial charge in [0.1, 0.15) is 18.9 Å². The van der Waals surface area contributed by atoms with Crippen LogP contribution in [-0.2, 0) is 16.0 Å². The van der Waals surface area contributed by atoms with Gasteiger partial charge in [0.25, 0.3) is 0 Å². The normalized spacial score (nSPS) is 16.7. The van der Waals surface area contributed by atoms with Crippen LogP contribution in [0.25, 0.3) is 0 Å². The fraction of sp³-hybridized carbons (Fsp3) is 0.520. The number of nitrogens with zero attached hydrogens (tertiary/aromatic N) is 2. The van der Waals surface area contributed by atoms with Crippen molar-refractivity contribution in [2.75, 3.05) is 19.7 Å². The summed E-state index contributed by atoms with van der Waals surface area (Å²) in [5.41, 5.74) is 1.17. The monoisotopic (exact) mass is 442 g/mol. The second-order valence-corrected chi connectivity index (χ2v) is 9.65. The molecule has 0 bridgehead atoms. The number of ether oxygens (including phenoxy) is 1. The molecular weight excluding hydrogens is 408 g/mol. The standard InChI is InChI=1S/C25H34N2O3S/c1-5-19(4)27(24(28)15-18(2)3)16-25(29)26-13-11-23-21(12-14-31-23)22(26)17-30-20-9-7-6-8-10-20/h6-10,12,14,18-19,22H,5,11,13,15-17H2,1-4H3/t19-,22-/m0/s1. The molecule has 0 aliphatic carbocycles. The predicted octanol–water partition coefficient (Wildman–Crippen LogP) is 4.93. The van der Waals surface area contributed by atoms with Crippen LogP contribution in [0.5, 0.6) is 5.75 Å². The quantitative estimate of drug-likeness (QED) is 0.553. The lowest BCUT2D eigenvalue weighted by atomic mass is 10.00. The zero-order chi connectivity index (χ0) is 22.4. The fourth-order valence-corrected chi connectivity index (χ4v) is 4.91. The summed E-state index contributed by atoms with van der Waals surface area (Å²) in [5.74, 6) is 1.12. The molecule has 6 heteroatoms. The molecule has 1 aromatic carbocycles. The highest BCUT2D eigenvalue weighted by molar-refractivity contribution is 7.10. The molecule has 2 amide bonds. The molecule has 0 spiro atoms. The molecule has 1 aromatic heterocycles. The van der Waals surface area contributed by atoms with Crippen LogP contribution in [0, 0.1) is 5.92 Å². The van der Waals surface area contributed by atoms with E-state index >= 15 is 0 Å². The Morgan fingerprint density at radius 2 is 1.94 bits per heavy atom. The molecule has 0 saturated heterocycles. The Labute approximate surface area is 190 Å². The second kappa shape index (κ2) is 10.8. The van der Waals surface area contributed by atoms with Crippen LogP contribution in [0.15, 0.2) is 41.8 Å². The zero-order valence-corrected chi connectivity index (χ0v) is 19.9. The Balaban J connectivity index is 1.77. The van der Waals surface area contributed by atoms with E-state index in [9.17, 15) is 9.59 Å². The van der Waals surface area contributed by atoms with Gasteiger partial charge in [0.15, 0.2) is 0 Å². The third-order valence-electron chi connectivity index (χ3n) is 5.90. The topological polar surface area (TPSA) is 49.9 Å². The van der Waals surface area contributed by atoms with E-state index in [0.29, 0.717) is 19.6 Å². The molecule has 0 fully saturated rings. The van der Waals surface area contributed by atoms with Crippen LogP contribution in [-0.4, -0.2) is 47.4 Å². The SMILES string of the molecule is CC[C@H](C)N(CC(=O)N1CCc2sccc2[C@@H]1COc1ccccc1)C(=O)CC(C)C. The summed E-state index contributed by atoms with van der Waals surface area (Å²) in [6.07, 6.45) is 2.14. The van der Waals surface area contributed by atoms with Crippen LogP contribution in [0.2, 0.25) is 0 Å². The van der Waals surface area contributed by atoms with Crippen molar-refractivity contribution < 1.29 is 14.3 Å². The lowest BCUT2D eigenvalue weighted by Gasteiger charge is -2.38. The van der Waals surface area contributed by atoms with Gasteiger partial charge in [-0.2, -0.15) is 0 Å². The molecule has 2 heterocycles. The molecule has 2 aromatic rings. The zero-order valence-electron chi connectivity index (χ0n) is 19.0. The number of fused-ring (bicyclic) bond motifs is 1.